The first-order valence-electron chi connectivity index (χ1n) is 8.22. The molecule has 2 saturated carbocycles. The van der Waals surface area contributed by atoms with E-state index in [0.717, 1.165) is 17.9 Å². The predicted molar refractivity (Wildman–Crippen MR) is 97.7 cm³/mol. The van der Waals surface area contributed by atoms with Gasteiger partial charge in [0.2, 0.25) is 0 Å². The van der Waals surface area contributed by atoms with Crippen molar-refractivity contribution in [1.82, 2.24) is 5.01 Å². The number of hydrogen-bond donors (Lipinski definition) is 1. The number of allylic oxidation sites excluding steroid dienone is 2. The molecule has 1 spiro atoms. The van der Waals surface area contributed by atoms with Crippen molar-refractivity contribution >= 4 is 49.9 Å². The number of hydrogen-bond acceptors (Lipinski definition) is 4. The number of aromatic hydroxyl groups is 1. The zero-order valence-electron chi connectivity index (χ0n) is 13.0. The van der Waals surface area contributed by atoms with Gasteiger partial charge in [0.15, 0.2) is 0 Å². The third-order valence-corrected chi connectivity index (χ3v) is 7.40. The van der Waals surface area contributed by atoms with Crippen LogP contribution in [0.1, 0.15) is 18.4 Å². The molecule has 7 heteroatoms. The number of amides is 2. The van der Waals surface area contributed by atoms with Crippen LogP contribution in [0.3, 0.4) is 0 Å². The fourth-order valence-corrected chi connectivity index (χ4v) is 6.18. The van der Waals surface area contributed by atoms with E-state index >= 15 is 0 Å². The number of nitrogens with zero attached hydrogens (tertiary/aromatic N) is 2. The van der Waals surface area contributed by atoms with Crippen LogP contribution in [0, 0.1) is 29.1 Å². The van der Waals surface area contributed by atoms with Crippen molar-refractivity contribution in [2.75, 3.05) is 0 Å². The molecule has 128 valence electrons. The lowest BCUT2D eigenvalue weighted by atomic mass is 9.85. The van der Waals surface area contributed by atoms with Gasteiger partial charge in [-0.2, -0.15) is 10.1 Å². The summed E-state index contributed by atoms with van der Waals surface area (Å²) in [6, 6.07) is 3.36. The maximum Gasteiger partial charge on any atom is 0.254 e. The molecule has 0 radical (unpaired) electrons. The molecule has 5 nitrogen and oxygen atoms in total. The second kappa shape index (κ2) is 5.04. The summed E-state index contributed by atoms with van der Waals surface area (Å²) in [6.45, 7) is 0. The maximum atomic E-state index is 12.8. The number of phenols is 1. The Balaban J connectivity index is 1.44. The molecular weight excluding hydrogens is 452 g/mol. The number of phenolic OH excluding ortho intramolecular Hbond substituents is 1. The van der Waals surface area contributed by atoms with Crippen LogP contribution in [0.4, 0.5) is 0 Å². The summed E-state index contributed by atoms with van der Waals surface area (Å²) in [5.74, 6) is -0.317. The summed E-state index contributed by atoms with van der Waals surface area (Å²) >= 11 is 6.52. The van der Waals surface area contributed by atoms with E-state index in [1.807, 2.05) is 0 Å². The minimum absolute atomic E-state index is 0.0948. The number of halogens is 2. The normalized spacial score (nSPS) is 33.9. The summed E-state index contributed by atoms with van der Waals surface area (Å²) in [5, 5.41) is 15.0. The first-order chi connectivity index (χ1) is 11.9. The summed E-state index contributed by atoms with van der Waals surface area (Å²) in [7, 11) is 0. The maximum absolute atomic E-state index is 12.8. The monoisotopic (exact) mass is 464 g/mol. The second-order valence-corrected chi connectivity index (χ2v) is 9.00. The van der Waals surface area contributed by atoms with Crippen LogP contribution >= 0.6 is 31.9 Å². The van der Waals surface area contributed by atoms with Crippen molar-refractivity contribution < 1.29 is 14.7 Å². The Labute approximate surface area is 161 Å². The number of carbonyl (C=O) groups excluding carboxylic acids is 2. The fourth-order valence-electron chi connectivity index (χ4n) is 4.96. The quantitative estimate of drug-likeness (QED) is 0.413. The molecule has 1 N–H and O–H groups in total. The third kappa shape index (κ3) is 1.96. The molecule has 3 aliphatic carbocycles. The third-order valence-electron chi connectivity index (χ3n) is 6.19. The molecular formula is C18H14Br2N2O3. The number of carbonyl (C=O) groups is 2. The van der Waals surface area contributed by atoms with Crippen LogP contribution in [0.25, 0.3) is 0 Å². The Morgan fingerprint density at radius 1 is 1.08 bits per heavy atom. The van der Waals surface area contributed by atoms with Gasteiger partial charge in [0.05, 0.1) is 27.0 Å². The van der Waals surface area contributed by atoms with Gasteiger partial charge in [-0.1, -0.05) is 12.2 Å². The predicted octanol–water partition coefficient (Wildman–Crippen LogP) is 3.45. The number of fused-ring (bicyclic) bond motifs is 3. The van der Waals surface area contributed by atoms with Gasteiger partial charge >= 0.3 is 0 Å². The van der Waals surface area contributed by atoms with E-state index in [1.54, 1.807) is 12.1 Å². The van der Waals surface area contributed by atoms with Crippen LogP contribution in [-0.4, -0.2) is 28.1 Å². The van der Waals surface area contributed by atoms with E-state index in [9.17, 15) is 14.7 Å². The van der Waals surface area contributed by atoms with E-state index in [4.69, 9.17) is 0 Å². The number of hydrazone groups is 1. The largest absolute Gasteiger partial charge is 0.506 e. The molecule has 4 atom stereocenters. The molecule has 0 unspecified atom stereocenters. The van der Waals surface area contributed by atoms with Crippen molar-refractivity contribution in [3.63, 3.8) is 0 Å². The standard InChI is InChI=1S/C18H14Br2N2O3/c19-11-5-8(6-12(20)15(11)23)7-21-22-16(24)13-9-1-2-10(14(13)17(22)25)18(9)3-4-18/h1-2,5-7,9-10,13-14,23H,3-4H2/b21-7-/t9-,10-,13+,14+/m1/s1. The van der Waals surface area contributed by atoms with Gasteiger partial charge in [-0.05, 0) is 79.6 Å². The molecule has 5 rings (SSSR count). The van der Waals surface area contributed by atoms with Crippen LogP contribution in [0.2, 0.25) is 0 Å². The smallest absolute Gasteiger partial charge is 0.254 e. The summed E-state index contributed by atoms with van der Waals surface area (Å²) in [4.78, 5) is 25.6. The van der Waals surface area contributed by atoms with Crippen LogP contribution in [-0.2, 0) is 9.59 Å². The molecule has 1 heterocycles. The average Bonchev–Trinajstić information content (AvgIpc) is 3.18. The zero-order chi connectivity index (χ0) is 17.5. The Kier molecular flexibility index (Phi) is 3.18. The summed E-state index contributed by atoms with van der Waals surface area (Å²) < 4.78 is 1.02. The van der Waals surface area contributed by atoms with Gasteiger partial charge in [-0.3, -0.25) is 9.59 Å². The molecule has 2 bridgehead atoms. The van der Waals surface area contributed by atoms with Crippen LogP contribution in [0.15, 0.2) is 38.3 Å². The number of rotatable bonds is 2. The number of benzene rings is 1. The minimum atomic E-state index is -0.236. The molecule has 0 aromatic heterocycles. The van der Waals surface area contributed by atoms with Gasteiger partial charge < -0.3 is 5.11 Å². The Morgan fingerprint density at radius 2 is 1.60 bits per heavy atom. The fraction of sp³-hybridized carbons (Fsp3) is 0.389. The van der Waals surface area contributed by atoms with Gasteiger partial charge in [-0.25, -0.2) is 0 Å². The molecule has 25 heavy (non-hydrogen) atoms. The lowest BCUT2D eigenvalue weighted by Gasteiger charge is -2.18. The Morgan fingerprint density at radius 3 is 2.08 bits per heavy atom. The van der Waals surface area contributed by atoms with E-state index in [0.29, 0.717) is 14.5 Å². The Bertz CT molecular complexity index is 833. The first-order valence-corrected chi connectivity index (χ1v) is 9.81. The van der Waals surface area contributed by atoms with Crippen molar-refractivity contribution in [2.45, 2.75) is 12.8 Å². The van der Waals surface area contributed by atoms with E-state index < -0.39 is 0 Å². The average molecular weight is 466 g/mol. The Hall–Kier alpha value is -1.47. The van der Waals surface area contributed by atoms with Crippen LogP contribution < -0.4 is 0 Å². The van der Waals surface area contributed by atoms with Crippen LogP contribution in [0.5, 0.6) is 5.75 Å². The lowest BCUT2D eigenvalue weighted by Crippen LogP contribution is -2.30. The second-order valence-electron chi connectivity index (χ2n) is 7.29. The molecule has 4 aliphatic rings. The zero-order valence-corrected chi connectivity index (χ0v) is 16.2. The van der Waals surface area contributed by atoms with E-state index in [2.05, 4.69) is 49.1 Å². The first kappa shape index (κ1) is 15.8. The van der Waals surface area contributed by atoms with Crippen molar-refractivity contribution in [2.24, 2.45) is 34.2 Å². The summed E-state index contributed by atoms with van der Waals surface area (Å²) in [5.41, 5.74) is 0.873. The highest BCUT2D eigenvalue weighted by molar-refractivity contribution is 9.11. The molecule has 1 aromatic rings. The highest BCUT2D eigenvalue weighted by Gasteiger charge is 2.73. The van der Waals surface area contributed by atoms with E-state index in [1.165, 1.54) is 6.21 Å². The van der Waals surface area contributed by atoms with E-state index in [-0.39, 0.29) is 46.7 Å². The SMILES string of the molecule is O=C1[C@@H]2[C@@H](C(=O)N1/N=C\c1cc(Br)c(O)c(Br)c1)[C@H]1C=C[C@H]2C12CC2. The summed E-state index contributed by atoms with van der Waals surface area (Å²) in [6.07, 6.45) is 8.02. The number of imide groups is 1. The molecule has 1 saturated heterocycles. The highest BCUT2D eigenvalue weighted by Crippen LogP contribution is 2.73. The molecule has 3 fully saturated rings. The van der Waals surface area contributed by atoms with Crippen molar-refractivity contribution in [3.05, 3.63) is 38.8 Å². The molecule has 1 aromatic carbocycles. The lowest BCUT2D eigenvalue weighted by molar-refractivity contribution is -0.141. The minimum Gasteiger partial charge on any atom is -0.506 e. The molecule has 1 aliphatic heterocycles. The highest BCUT2D eigenvalue weighted by atomic mass is 79.9. The van der Waals surface area contributed by atoms with Crippen molar-refractivity contribution in [3.8, 4) is 5.75 Å². The van der Waals surface area contributed by atoms with Gasteiger partial charge in [0.25, 0.3) is 11.8 Å². The topological polar surface area (TPSA) is 70.0 Å². The van der Waals surface area contributed by atoms with Gasteiger partial charge in [0, 0.05) is 0 Å². The van der Waals surface area contributed by atoms with Gasteiger partial charge in [0.1, 0.15) is 5.75 Å². The molecule has 2 amide bonds. The van der Waals surface area contributed by atoms with Gasteiger partial charge in [-0.15, -0.1) is 0 Å². The van der Waals surface area contributed by atoms with Crippen molar-refractivity contribution in [1.29, 1.82) is 0 Å².